The van der Waals surface area contributed by atoms with E-state index in [9.17, 15) is 9.90 Å². The summed E-state index contributed by atoms with van der Waals surface area (Å²) in [5, 5.41) is 11.6. The Bertz CT molecular complexity index is 432. The number of carbonyl (C=O) groups is 1. The van der Waals surface area contributed by atoms with Crippen LogP contribution in [0, 0.1) is 11.8 Å². The fourth-order valence-electron chi connectivity index (χ4n) is 3.36. The van der Waals surface area contributed by atoms with Crippen LogP contribution >= 0.6 is 11.3 Å². The number of rotatable bonds is 5. The van der Waals surface area contributed by atoms with E-state index in [4.69, 9.17) is 0 Å². The minimum Gasteiger partial charge on any atom is -0.481 e. The molecule has 20 heavy (non-hydrogen) atoms. The van der Waals surface area contributed by atoms with E-state index in [0.717, 1.165) is 25.7 Å². The number of carboxylic acids is 1. The van der Waals surface area contributed by atoms with E-state index in [2.05, 4.69) is 43.3 Å². The van der Waals surface area contributed by atoms with Crippen LogP contribution in [0.1, 0.15) is 50.4 Å². The van der Waals surface area contributed by atoms with Crippen LogP contribution in [0.4, 0.5) is 0 Å². The van der Waals surface area contributed by atoms with Gasteiger partial charge in [0.05, 0.1) is 5.92 Å². The molecule has 0 aliphatic heterocycles. The Morgan fingerprint density at radius 3 is 2.85 bits per heavy atom. The van der Waals surface area contributed by atoms with Gasteiger partial charge in [-0.2, -0.15) is 0 Å². The van der Waals surface area contributed by atoms with Gasteiger partial charge in [0.2, 0.25) is 0 Å². The second kappa shape index (κ2) is 6.72. The summed E-state index contributed by atoms with van der Waals surface area (Å²) >= 11 is 1.75. The lowest BCUT2D eigenvalue weighted by Crippen LogP contribution is -2.46. The first kappa shape index (κ1) is 15.5. The predicted octanol–water partition coefficient (Wildman–Crippen LogP) is 4.02. The van der Waals surface area contributed by atoms with E-state index in [1.807, 2.05) is 0 Å². The quantitative estimate of drug-likeness (QED) is 0.892. The zero-order chi connectivity index (χ0) is 14.7. The van der Waals surface area contributed by atoms with Crippen molar-refractivity contribution in [2.45, 2.75) is 51.6 Å². The topological polar surface area (TPSA) is 40.5 Å². The summed E-state index contributed by atoms with van der Waals surface area (Å²) in [6.07, 6.45) is 4.05. The molecule has 0 aromatic carbocycles. The van der Waals surface area contributed by atoms with Gasteiger partial charge in [-0.15, -0.1) is 11.3 Å². The average molecular weight is 295 g/mol. The molecule has 1 saturated carbocycles. The van der Waals surface area contributed by atoms with E-state index >= 15 is 0 Å². The maximum absolute atomic E-state index is 11.5. The third kappa shape index (κ3) is 3.23. The second-order valence-corrected chi connectivity index (χ2v) is 6.94. The van der Waals surface area contributed by atoms with Crippen LogP contribution in [0.2, 0.25) is 0 Å². The molecule has 4 heteroatoms. The molecule has 1 aliphatic rings. The maximum atomic E-state index is 11.5. The number of hydrogen-bond acceptors (Lipinski definition) is 3. The fraction of sp³-hybridized carbons (Fsp3) is 0.688. The standard InChI is InChI=1S/C16H25NO2S/c1-4-12-7-8-13(16(18)19)14(10-12)17(3)11(2)15-6-5-9-20-15/h5-6,9,11-14H,4,7-8,10H2,1-3H3,(H,18,19). The molecule has 112 valence electrons. The maximum Gasteiger partial charge on any atom is 0.308 e. The zero-order valence-corrected chi connectivity index (χ0v) is 13.4. The van der Waals surface area contributed by atoms with Crippen molar-refractivity contribution < 1.29 is 9.90 Å². The van der Waals surface area contributed by atoms with Gasteiger partial charge in [0.1, 0.15) is 0 Å². The molecule has 1 heterocycles. The van der Waals surface area contributed by atoms with E-state index < -0.39 is 5.97 Å². The Hall–Kier alpha value is -0.870. The molecule has 0 spiro atoms. The van der Waals surface area contributed by atoms with Crippen LogP contribution in [-0.4, -0.2) is 29.1 Å². The zero-order valence-electron chi connectivity index (χ0n) is 12.6. The number of carboxylic acid groups (broad SMARTS) is 1. The lowest BCUT2D eigenvalue weighted by Gasteiger charge is -2.41. The minimum absolute atomic E-state index is 0.156. The van der Waals surface area contributed by atoms with Crippen molar-refractivity contribution in [3.8, 4) is 0 Å². The lowest BCUT2D eigenvalue weighted by atomic mass is 9.76. The first-order valence-electron chi connectivity index (χ1n) is 7.52. The van der Waals surface area contributed by atoms with Gasteiger partial charge in [-0.05, 0) is 50.6 Å². The predicted molar refractivity (Wildman–Crippen MR) is 83.0 cm³/mol. The van der Waals surface area contributed by atoms with Crippen LogP contribution < -0.4 is 0 Å². The molecule has 1 N–H and O–H groups in total. The Kier molecular flexibility index (Phi) is 5.22. The minimum atomic E-state index is -0.630. The van der Waals surface area contributed by atoms with Crippen molar-refractivity contribution in [2.75, 3.05) is 7.05 Å². The Morgan fingerprint density at radius 1 is 1.55 bits per heavy atom. The normalized spacial score (nSPS) is 28.5. The molecule has 1 fully saturated rings. The number of aliphatic carboxylic acids is 1. The third-order valence-electron chi connectivity index (χ3n) is 4.91. The average Bonchev–Trinajstić information content (AvgIpc) is 2.99. The summed E-state index contributed by atoms with van der Waals surface area (Å²) in [6, 6.07) is 4.65. The van der Waals surface area contributed by atoms with Crippen molar-refractivity contribution in [2.24, 2.45) is 11.8 Å². The van der Waals surface area contributed by atoms with Crippen molar-refractivity contribution >= 4 is 17.3 Å². The summed E-state index contributed by atoms with van der Waals surface area (Å²) in [5.41, 5.74) is 0. The highest BCUT2D eigenvalue weighted by Crippen LogP contribution is 2.37. The van der Waals surface area contributed by atoms with Gasteiger partial charge in [-0.25, -0.2) is 0 Å². The van der Waals surface area contributed by atoms with E-state index in [-0.39, 0.29) is 18.0 Å². The van der Waals surface area contributed by atoms with Gasteiger partial charge in [0.15, 0.2) is 0 Å². The van der Waals surface area contributed by atoms with Crippen LogP contribution in [0.25, 0.3) is 0 Å². The molecular formula is C16H25NO2S. The van der Waals surface area contributed by atoms with Gasteiger partial charge in [0, 0.05) is 17.0 Å². The molecule has 3 nitrogen and oxygen atoms in total. The van der Waals surface area contributed by atoms with Gasteiger partial charge in [-0.1, -0.05) is 19.4 Å². The van der Waals surface area contributed by atoms with Crippen molar-refractivity contribution in [1.82, 2.24) is 4.90 Å². The smallest absolute Gasteiger partial charge is 0.308 e. The number of thiophene rings is 1. The van der Waals surface area contributed by atoms with Crippen molar-refractivity contribution in [3.63, 3.8) is 0 Å². The summed E-state index contributed by atoms with van der Waals surface area (Å²) < 4.78 is 0. The van der Waals surface area contributed by atoms with Crippen LogP contribution in [0.15, 0.2) is 17.5 Å². The van der Waals surface area contributed by atoms with E-state index in [1.165, 1.54) is 4.88 Å². The molecule has 0 amide bonds. The molecule has 0 saturated heterocycles. The van der Waals surface area contributed by atoms with Gasteiger partial charge < -0.3 is 5.11 Å². The molecule has 4 unspecified atom stereocenters. The third-order valence-corrected chi connectivity index (χ3v) is 5.95. The van der Waals surface area contributed by atoms with Gasteiger partial charge >= 0.3 is 5.97 Å². The SMILES string of the molecule is CCC1CCC(C(=O)O)C(N(C)C(C)c2cccs2)C1. The molecule has 1 aliphatic carbocycles. The lowest BCUT2D eigenvalue weighted by molar-refractivity contribution is -0.146. The molecule has 0 radical (unpaired) electrons. The first-order chi connectivity index (χ1) is 9.54. The monoisotopic (exact) mass is 295 g/mol. The van der Waals surface area contributed by atoms with Crippen LogP contribution in [-0.2, 0) is 4.79 Å². The van der Waals surface area contributed by atoms with Crippen LogP contribution in [0.5, 0.6) is 0 Å². The highest BCUT2D eigenvalue weighted by Gasteiger charge is 2.38. The van der Waals surface area contributed by atoms with Crippen molar-refractivity contribution in [1.29, 1.82) is 0 Å². The fourth-order valence-corrected chi connectivity index (χ4v) is 4.19. The molecule has 0 bridgehead atoms. The summed E-state index contributed by atoms with van der Waals surface area (Å²) in [5.74, 6) is -0.173. The Balaban J connectivity index is 2.14. The Labute approximate surface area is 125 Å². The number of hydrogen-bond donors (Lipinski definition) is 1. The number of nitrogens with zero attached hydrogens (tertiary/aromatic N) is 1. The molecule has 1 aromatic heterocycles. The molecule has 1 aromatic rings. The first-order valence-corrected chi connectivity index (χ1v) is 8.40. The second-order valence-electron chi connectivity index (χ2n) is 5.96. The summed E-state index contributed by atoms with van der Waals surface area (Å²) in [6.45, 7) is 4.39. The van der Waals surface area contributed by atoms with E-state index in [1.54, 1.807) is 11.3 Å². The largest absolute Gasteiger partial charge is 0.481 e. The highest BCUT2D eigenvalue weighted by molar-refractivity contribution is 7.10. The van der Waals surface area contributed by atoms with Crippen LogP contribution in [0.3, 0.4) is 0 Å². The molecular weight excluding hydrogens is 270 g/mol. The summed E-state index contributed by atoms with van der Waals surface area (Å²) in [7, 11) is 2.09. The van der Waals surface area contributed by atoms with Gasteiger partial charge in [0.25, 0.3) is 0 Å². The highest BCUT2D eigenvalue weighted by atomic mass is 32.1. The van der Waals surface area contributed by atoms with Crippen molar-refractivity contribution in [3.05, 3.63) is 22.4 Å². The summed E-state index contributed by atoms with van der Waals surface area (Å²) in [4.78, 5) is 15.1. The Morgan fingerprint density at radius 2 is 2.30 bits per heavy atom. The molecule has 4 atom stereocenters. The van der Waals surface area contributed by atoms with E-state index in [0.29, 0.717) is 5.92 Å². The van der Waals surface area contributed by atoms with Gasteiger partial charge in [-0.3, -0.25) is 9.69 Å². The molecule has 2 rings (SSSR count).